The van der Waals surface area contributed by atoms with Crippen LogP contribution in [0.4, 0.5) is 0 Å². The molecule has 18 heavy (non-hydrogen) atoms. The lowest BCUT2D eigenvalue weighted by Crippen LogP contribution is -2.10. The first-order chi connectivity index (χ1) is 8.67. The van der Waals surface area contributed by atoms with Crippen LogP contribution in [0.3, 0.4) is 0 Å². The SMILES string of the molecule is COc1ccc(CCl)c(OCCOCC(C)C)c1. The van der Waals surface area contributed by atoms with Crippen molar-refractivity contribution in [1.29, 1.82) is 0 Å². The zero-order valence-electron chi connectivity index (χ0n) is 11.2. The molecule has 0 aliphatic rings. The van der Waals surface area contributed by atoms with Gasteiger partial charge in [-0.25, -0.2) is 0 Å². The molecule has 0 radical (unpaired) electrons. The molecule has 0 saturated carbocycles. The van der Waals surface area contributed by atoms with Gasteiger partial charge >= 0.3 is 0 Å². The second-order valence-electron chi connectivity index (χ2n) is 4.42. The lowest BCUT2D eigenvalue weighted by atomic mass is 10.2. The molecule has 0 atom stereocenters. The van der Waals surface area contributed by atoms with Gasteiger partial charge in [-0.15, -0.1) is 11.6 Å². The van der Waals surface area contributed by atoms with Crippen molar-refractivity contribution >= 4 is 11.6 Å². The minimum Gasteiger partial charge on any atom is -0.497 e. The van der Waals surface area contributed by atoms with Crippen molar-refractivity contribution in [3.63, 3.8) is 0 Å². The van der Waals surface area contributed by atoms with E-state index in [2.05, 4.69) is 13.8 Å². The zero-order valence-corrected chi connectivity index (χ0v) is 12.0. The van der Waals surface area contributed by atoms with Crippen LogP contribution < -0.4 is 9.47 Å². The van der Waals surface area contributed by atoms with E-state index in [4.69, 9.17) is 25.8 Å². The van der Waals surface area contributed by atoms with E-state index in [9.17, 15) is 0 Å². The normalized spacial score (nSPS) is 10.7. The Kier molecular flexibility index (Phi) is 6.91. The van der Waals surface area contributed by atoms with Crippen LogP contribution >= 0.6 is 11.6 Å². The van der Waals surface area contributed by atoms with Crippen molar-refractivity contribution in [3.05, 3.63) is 23.8 Å². The molecular formula is C14H21ClO3. The first-order valence-electron chi connectivity index (χ1n) is 6.10. The summed E-state index contributed by atoms with van der Waals surface area (Å²) in [6, 6.07) is 5.64. The third-order valence-electron chi connectivity index (χ3n) is 2.35. The zero-order chi connectivity index (χ0) is 13.4. The average molecular weight is 273 g/mol. The summed E-state index contributed by atoms with van der Waals surface area (Å²) in [4.78, 5) is 0. The second-order valence-corrected chi connectivity index (χ2v) is 4.69. The molecule has 0 fully saturated rings. The topological polar surface area (TPSA) is 27.7 Å². The monoisotopic (exact) mass is 272 g/mol. The van der Waals surface area contributed by atoms with Gasteiger partial charge in [-0.2, -0.15) is 0 Å². The minimum atomic E-state index is 0.423. The fourth-order valence-electron chi connectivity index (χ4n) is 1.44. The Labute approximate surface area is 114 Å². The molecule has 0 unspecified atom stereocenters. The maximum atomic E-state index is 5.86. The highest BCUT2D eigenvalue weighted by Crippen LogP contribution is 2.26. The highest BCUT2D eigenvalue weighted by Gasteiger charge is 2.05. The summed E-state index contributed by atoms with van der Waals surface area (Å²) < 4.78 is 16.3. The lowest BCUT2D eigenvalue weighted by molar-refractivity contribution is 0.0816. The van der Waals surface area contributed by atoms with Crippen molar-refractivity contribution in [3.8, 4) is 11.5 Å². The summed E-state index contributed by atoms with van der Waals surface area (Å²) in [6.45, 7) is 6.09. The second kappa shape index (κ2) is 8.22. The molecule has 1 aromatic rings. The maximum Gasteiger partial charge on any atom is 0.127 e. The van der Waals surface area contributed by atoms with Crippen molar-refractivity contribution in [1.82, 2.24) is 0 Å². The van der Waals surface area contributed by atoms with E-state index in [1.807, 2.05) is 18.2 Å². The molecule has 0 amide bonds. The van der Waals surface area contributed by atoms with Crippen molar-refractivity contribution in [2.45, 2.75) is 19.7 Å². The van der Waals surface area contributed by atoms with Crippen LogP contribution in [0.15, 0.2) is 18.2 Å². The fourth-order valence-corrected chi connectivity index (χ4v) is 1.66. The third-order valence-corrected chi connectivity index (χ3v) is 2.64. The number of rotatable bonds is 8. The Morgan fingerprint density at radius 1 is 1.22 bits per heavy atom. The number of benzene rings is 1. The van der Waals surface area contributed by atoms with E-state index < -0.39 is 0 Å². The first-order valence-corrected chi connectivity index (χ1v) is 6.64. The Hall–Kier alpha value is -0.930. The molecule has 0 aromatic heterocycles. The smallest absolute Gasteiger partial charge is 0.127 e. The van der Waals surface area contributed by atoms with Crippen LogP contribution in [0.2, 0.25) is 0 Å². The van der Waals surface area contributed by atoms with E-state index in [-0.39, 0.29) is 0 Å². The standard InChI is InChI=1S/C14H21ClO3/c1-11(2)10-17-6-7-18-14-8-13(16-3)5-4-12(14)9-15/h4-5,8,11H,6-7,9-10H2,1-3H3. The van der Waals surface area contributed by atoms with Gasteiger partial charge in [0.15, 0.2) is 0 Å². The van der Waals surface area contributed by atoms with Gasteiger partial charge in [0.05, 0.1) is 19.6 Å². The molecule has 0 spiro atoms. The van der Waals surface area contributed by atoms with Gasteiger partial charge in [0, 0.05) is 18.2 Å². The van der Waals surface area contributed by atoms with E-state index >= 15 is 0 Å². The van der Waals surface area contributed by atoms with E-state index in [1.165, 1.54) is 0 Å². The molecule has 0 N–H and O–H groups in total. The van der Waals surface area contributed by atoms with Gasteiger partial charge in [0.1, 0.15) is 18.1 Å². The van der Waals surface area contributed by atoms with E-state index in [1.54, 1.807) is 7.11 Å². The molecule has 0 saturated heterocycles. The quantitative estimate of drug-likeness (QED) is 0.536. The number of hydrogen-bond acceptors (Lipinski definition) is 3. The molecule has 0 aliphatic heterocycles. The van der Waals surface area contributed by atoms with Crippen LogP contribution in [0.5, 0.6) is 11.5 Å². The Morgan fingerprint density at radius 3 is 2.61 bits per heavy atom. The summed E-state index contributed by atoms with van der Waals surface area (Å²) in [5, 5.41) is 0. The van der Waals surface area contributed by atoms with Crippen LogP contribution in [0.25, 0.3) is 0 Å². The van der Waals surface area contributed by atoms with Crippen LogP contribution in [-0.2, 0) is 10.6 Å². The van der Waals surface area contributed by atoms with Crippen molar-refractivity contribution in [2.75, 3.05) is 26.9 Å². The number of alkyl halides is 1. The van der Waals surface area contributed by atoms with Gasteiger partial charge in [0.25, 0.3) is 0 Å². The summed E-state index contributed by atoms with van der Waals surface area (Å²) >= 11 is 5.86. The number of methoxy groups -OCH3 is 1. The van der Waals surface area contributed by atoms with E-state index in [0.717, 1.165) is 23.7 Å². The van der Waals surface area contributed by atoms with Gasteiger partial charge in [-0.05, 0) is 12.0 Å². The van der Waals surface area contributed by atoms with Crippen molar-refractivity contribution < 1.29 is 14.2 Å². The lowest BCUT2D eigenvalue weighted by Gasteiger charge is -2.12. The molecule has 4 heteroatoms. The number of ether oxygens (including phenoxy) is 3. The van der Waals surface area contributed by atoms with Crippen LogP contribution in [0.1, 0.15) is 19.4 Å². The average Bonchev–Trinajstić information content (AvgIpc) is 2.37. The molecule has 3 nitrogen and oxygen atoms in total. The minimum absolute atomic E-state index is 0.423. The molecule has 0 heterocycles. The number of hydrogen-bond donors (Lipinski definition) is 0. The van der Waals surface area contributed by atoms with Crippen LogP contribution in [-0.4, -0.2) is 26.9 Å². The summed E-state index contributed by atoms with van der Waals surface area (Å²) in [5.41, 5.74) is 0.960. The molecule has 102 valence electrons. The van der Waals surface area contributed by atoms with E-state index in [0.29, 0.717) is 25.0 Å². The van der Waals surface area contributed by atoms with Crippen molar-refractivity contribution in [2.24, 2.45) is 5.92 Å². The van der Waals surface area contributed by atoms with Gasteiger partial charge in [0.2, 0.25) is 0 Å². The predicted molar refractivity (Wildman–Crippen MR) is 73.7 cm³/mol. The van der Waals surface area contributed by atoms with Crippen LogP contribution in [0, 0.1) is 5.92 Å². The summed E-state index contributed by atoms with van der Waals surface area (Å²) in [5.74, 6) is 2.49. The first kappa shape index (κ1) is 15.1. The molecule has 0 aliphatic carbocycles. The fraction of sp³-hybridized carbons (Fsp3) is 0.571. The summed E-state index contributed by atoms with van der Waals surface area (Å²) in [6.07, 6.45) is 0. The van der Waals surface area contributed by atoms with Gasteiger partial charge < -0.3 is 14.2 Å². The molecule has 1 rings (SSSR count). The summed E-state index contributed by atoms with van der Waals surface area (Å²) in [7, 11) is 1.63. The predicted octanol–water partition coefficient (Wildman–Crippen LogP) is 3.49. The molecule has 0 bridgehead atoms. The third kappa shape index (κ3) is 5.15. The highest BCUT2D eigenvalue weighted by atomic mass is 35.5. The molecular weight excluding hydrogens is 252 g/mol. The van der Waals surface area contributed by atoms with Gasteiger partial charge in [-0.3, -0.25) is 0 Å². The highest BCUT2D eigenvalue weighted by molar-refractivity contribution is 6.17. The Balaban J connectivity index is 2.44. The Bertz CT molecular complexity index is 353. The number of halogens is 1. The largest absolute Gasteiger partial charge is 0.497 e. The molecule has 1 aromatic carbocycles. The maximum absolute atomic E-state index is 5.86. The van der Waals surface area contributed by atoms with Gasteiger partial charge in [-0.1, -0.05) is 19.9 Å². The Morgan fingerprint density at radius 2 is 2.00 bits per heavy atom.